The van der Waals surface area contributed by atoms with E-state index in [4.69, 9.17) is 18.9 Å². The van der Waals surface area contributed by atoms with Crippen molar-refractivity contribution in [2.45, 2.75) is 51.9 Å². The number of rotatable bonds is 9. The van der Waals surface area contributed by atoms with E-state index >= 15 is 0 Å². The Morgan fingerprint density at radius 2 is 1.52 bits per heavy atom. The van der Waals surface area contributed by atoms with Gasteiger partial charge in [-0.3, -0.25) is 0 Å². The lowest BCUT2D eigenvalue weighted by molar-refractivity contribution is -0.152. The van der Waals surface area contributed by atoms with Gasteiger partial charge < -0.3 is 18.9 Å². The van der Waals surface area contributed by atoms with Gasteiger partial charge in [0.2, 0.25) is 0 Å². The average molecular weight is 324 g/mol. The van der Waals surface area contributed by atoms with Crippen LogP contribution >= 0.6 is 0 Å². The van der Waals surface area contributed by atoms with Crippen molar-refractivity contribution in [3.63, 3.8) is 0 Å². The van der Waals surface area contributed by atoms with Crippen LogP contribution in [-0.4, -0.2) is 50.1 Å². The number of epoxide rings is 2. The molecular weight excluding hydrogens is 300 g/mol. The highest BCUT2D eigenvalue weighted by Crippen LogP contribution is 2.16. The fraction of sp³-hybridized carbons (Fsp3) is 0.647. The second-order valence-electron chi connectivity index (χ2n) is 5.97. The van der Waals surface area contributed by atoms with Gasteiger partial charge in [-0.1, -0.05) is 12.2 Å². The van der Waals surface area contributed by atoms with Crippen molar-refractivity contribution >= 4 is 11.9 Å². The number of carbonyl (C=O) groups excluding carboxylic acids is 2. The first-order valence-electron chi connectivity index (χ1n) is 7.90. The van der Waals surface area contributed by atoms with Gasteiger partial charge in [0.1, 0.15) is 12.7 Å². The van der Waals surface area contributed by atoms with Crippen LogP contribution in [-0.2, 0) is 28.5 Å². The Balaban J connectivity index is 1.65. The Morgan fingerprint density at radius 1 is 1.04 bits per heavy atom. The summed E-state index contributed by atoms with van der Waals surface area (Å²) in [6, 6.07) is 0. The third-order valence-corrected chi connectivity index (χ3v) is 3.58. The summed E-state index contributed by atoms with van der Waals surface area (Å²) in [6.45, 7) is 6.65. The van der Waals surface area contributed by atoms with Gasteiger partial charge in [0.15, 0.2) is 0 Å². The van der Waals surface area contributed by atoms with Crippen LogP contribution in [0, 0.1) is 0 Å². The molecule has 6 nitrogen and oxygen atoms in total. The maximum atomic E-state index is 11.9. The highest BCUT2D eigenvalue weighted by Gasteiger charge is 2.22. The van der Waals surface area contributed by atoms with Crippen LogP contribution in [0.2, 0.25) is 0 Å². The summed E-state index contributed by atoms with van der Waals surface area (Å²) in [5.41, 5.74) is 1.08. The fourth-order valence-corrected chi connectivity index (χ4v) is 1.81. The van der Waals surface area contributed by atoms with E-state index in [1.807, 2.05) is 12.2 Å². The molecule has 3 unspecified atom stereocenters. The van der Waals surface area contributed by atoms with E-state index in [0.717, 1.165) is 26.1 Å². The molecule has 0 bridgehead atoms. The van der Waals surface area contributed by atoms with E-state index < -0.39 is 18.0 Å². The van der Waals surface area contributed by atoms with Gasteiger partial charge in [-0.15, -0.1) is 0 Å². The first-order valence-corrected chi connectivity index (χ1v) is 7.90. The minimum absolute atomic E-state index is 0.0364. The first kappa shape index (κ1) is 17.7. The molecule has 2 fully saturated rings. The summed E-state index contributed by atoms with van der Waals surface area (Å²) in [5, 5.41) is 0. The largest absolute Gasteiger partial charge is 0.458 e. The highest BCUT2D eigenvalue weighted by molar-refractivity contribution is 5.88. The number of carbonyl (C=O) groups is 2. The second kappa shape index (κ2) is 8.26. The van der Waals surface area contributed by atoms with Gasteiger partial charge in [-0.2, -0.15) is 0 Å². The lowest BCUT2D eigenvalue weighted by Gasteiger charge is -2.14. The summed E-state index contributed by atoms with van der Waals surface area (Å²) in [4.78, 5) is 23.6. The minimum atomic E-state index is -0.494. The van der Waals surface area contributed by atoms with Crippen LogP contribution in [0.15, 0.2) is 23.3 Å². The normalized spacial score (nSPS) is 24.8. The van der Waals surface area contributed by atoms with Crippen molar-refractivity contribution in [2.24, 2.45) is 0 Å². The van der Waals surface area contributed by atoms with Gasteiger partial charge in [0, 0.05) is 11.1 Å². The molecule has 2 rings (SSSR count). The lowest BCUT2D eigenvalue weighted by Crippen LogP contribution is -2.23. The Morgan fingerprint density at radius 3 is 2.00 bits per heavy atom. The molecule has 2 heterocycles. The molecular formula is C17H24O6. The maximum absolute atomic E-state index is 11.9. The molecule has 23 heavy (non-hydrogen) atoms. The fourth-order valence-electron chi connectivity index (χ4n) is 1.81. The van der Waals surface area contributed by atoms with Crippen molar-refractivity contribution in [1.82, 2.24) is 0 Å². The summed E-state index contributed by atoms with van der Waals surface area (Å²) in [6.07, 6.45) is 5.06. The Kier molecular flexibility index (Phi) is 6.36. The van der Waals surface area contributed by atoms with Crippen molar-refractivity contribution in [1.29, 1.82) is 0 Å². The zero-order valence-electron chi connectivity index (χ0n) is 13.9. The Bertz CT molecular complexity index is 499. The summed E-state index contributed by atoms with van der Waals surface area (Å²) in [5.74, 6) is -0.793. The van der Waals surface area contributed by atoms with Crippen LogP contribution in [0.5, 0.6) is 0 Å². The van der Waals surface area contributed by atoms with Crippen molar-refractivity contribution in [2.75, 3.05) is 19.8 Å². The molecule has 0 aromatic heterocycles. The molecule has 0 aromatic rings. The molecule has 128 valence electrons. The van der Waals surface area contributed by atoms with E-state index in [-0.39, 0.29) is 18.8 Å². The van der Waals surface area contributed by atoms with Crippen LogP contribution in [0.3, 0.4) is 0 Å². The molecule has 0 saturated carbocycles. The standard InChI is InChI=1S/C17H24O6/c1-11(4-6-14-9-20-14)16(18)22-8-13(3)23-17(19)12(2)5-7-15-10-21-15/h4-5,13-15H,6-10H2,1-3H3/b11-4+,12-5+. The topological polar surface area (TPSA) is 77.7 Å². The third-order valence-electron chi connectivity index (χ3n) is 3.58. The number of hydrogen-bond acceptors (Lipinski definition) is 6. The smallest absolute Gasteiger partial charge is 0.333 e. The summed E-state index contributed by atoms with van der Waals surface area (Å²) >= 11 is 0. The van der Waals surface area contributed by atoms with Crippen LogP contribution < -0.4 is 0 Å². The van der Waals surface area contributed by atoms with E-state index in [0.29, 0.717) is 11.1 Å². The molecule has 2 aliphatic rings. The van der Waals surface area contributed by atoms with Gasteiger partial charge >= 0.3 is 11.9 Å². The SMILES string of the molecule is C/C(=C\CC1CO1)C(=O)OCC(C)OC(=O)/C(C)=C/CC1CO1. The van der Waals surface area contributed by atoms with Crippen molar-refractivity contribution in [3.05, 3.63) is 23.3 Å². The molecule has 2 aliphatic heterocycles. The van der Waals surface area contributed by atoms with Gasteiger partial charge in [-0.25, -0.2) is 9.59 Å². The van der Waals surface area contributed by atoms with E-state index in [9.17, 15) is 9.59 Å². The molecule has 0 amide bonds. The van der Waals surface area contributed by atoms with Gasteiger partial charge in [-0.05, 0) is 33.6 Å². The van der Waals surface area contributed by atoms with Crippen LogP contribution in [0.1, 0.15) is 33.6 Å². The molecule has 0 aromatic carbocycles. The van der Waals surface area contributed by atoms with Gasteiger partial charge in [0.05, 0.1) is 25.4 Å². The predicted molar refractivity (Wildman–Crippen MR) is 82.7 cm³/mol. The molecule has 0 aliphatic carbocycles. The van der Waals surface area contributed by atoms with E-state index in [2.05, 4.69) is 0 Å². The first-order chi connectivity index (χ1) is 11.0. The molecule has 3 atom stereocenters. The van der Waals surface area contributed by atoms with Crippen LogP contribution in [0.4, 0.5) is 0 Å². The lowest BCUT2D eigenvalue weighted by atomic mass is 10.2. The second-order valence-corrected chi connectivity index (χ2v) is 5.97. The van der Waals surface area contributed by atoms with Gasteiger partial charge in [0.25, 0.3) is 0 Å². The monoisotopic (exact) mass is 324 g/mol. The molecule has 6 heteroatoms. The van der Waals surface area contributed by atoms with E-state index in [1.165, 1.54) is 0 Å². The quantitative estimate of drug-likeness (QED) is 0.366. The van der Waals surface area contributed by atoms with E-state index in [1.54, 1.807) is 20.8 Å². The Hall–Kier alpha value is -1.66. The Labute approximate surface area is 136 Å². The minimum Gasteiger partial charge on any atom is -0.458 e. The number of esters is 2. The van der Waals surface area contributed by atoms with Crippen molar-refractivity contribution in [3.8, 4) is 0 Å². The van der Waals surface area contributed by atoms with Crippen molar-refractivity contribution < 1.29 is 28.5 Å². The zero-order chi connectivity index (χ0) is 16.8. The molecule has 0 spiro atoms. The predicted octanol–water partition coefficient (Wildman–Crippen LogP) is 1.93. The average Bonchev–Trinajstić information content (AvgIpc) is 3.41. The third kappa shape index (κ3) is 6.97. The van der Waals surface area contributed by atoms with Crippen LogP contribution in [0.25, 0.3) is 0 Å². The number of hydrogen-bond donors (Lipinski definition) is 0. The zero-order valence-corrected chi connectivity index (χ0v) is 13.9. The summed E-state index contributed by atoms with van der Waals surface area (Å²) < 4.78 is 20.5. The highest BCUT2D eigenvalue weighted by atomic mass is 16.6. The molecule has 0 N–H and O–H groups in total. The summed E-state index contributed by atoms with van der Waals surface area (Å²) in [7, 11) is 0. The number of ether oxygens (including phenoxy) is 4. The molecule has 2 saturated heterocycles. The maximum Gasteiger partial charge on any atom is 0.333 e. The molecule has 0 radical (unpaired) electrons.